The average molecular weight is 338 g/mol. The van der Waals surface area contributed by atoms with Crippen molar-refractivity contribution in [3.8, 4) is 0 Å². The van der Waals surface area contributed by atoms with Crippen LogP contribution in [0.1, 0.15) is 13.8 Å². The molecule has 0 unspecified atom stereocenters. The lowest BCUT2D eigenvalue weighted by Crippen LogP contribution is -2.70. The van der Waals surface area contributed by atoms with E-state index in [1.807, 2.05) is 13.8 Å². The molecule has 0 radical (unpaired) electrons. The Kier molecular flexibility index (Phi) is 4.91. The summed E-state index contributed by atoms with van der Waals surface area (Å²) in [5, 5.41) is 0. The second-order valence-corrected chi connectivity index (χ2v) is 5.59. The van der Waals surface area contributed by atoms with Crippen LogP contribution >= 0.6 is 0 Å². The minimum Gasteiger partial charge on any atom is -0.328 e. The molecule has 0 spiro atoms. The predicted molar refractivity (Wildman–Crippen MR) is 88.8 cm³/mol. The normalized spacial score (nSPS) is 29.5. The third-order valence-electron chi connectivity index (χ3n) is 4.54. The molecule has 2 aliphatic rings. The maximum absolute atomic E-state index is 12.9. The third kappa shape index (κ3) is 1.93. The van der Waals surface area contributed by atoms with Crippen LogP contribution in [0.15, 0.2) is 25.3 Å². The molecule has 0 aromatic rings. The average Bonchev–Trinajstić information content (AvgIpc) is 2.87. The number of rotatable bonds is 8. The summed E-state index contributed by atoms with van der Waals surface area (Å²) in [7, 11) is 3.21. The molecule has 0 N–H and O–H groups in total. The first-order chi connectivity index (χ1) is 11.4. The maximum Gasteiger partial charge on any atom is 0.327 e. The van der Waals surface area contributed by atoms with Crippen LogP contribution in [-0.4, -0.2) is 83.8 Å². The van der Waals surface area contributed by atoms with E-state index in [1.54, 1.807) is 26.2 Å². The van der Waals surface area contributed by atoms with Gasteiger partial charge in [0.25, 0.3) is 0 Å². The van der Waals surface area contributed by atoms with Crippen LogP contribution < -0.4 is 0 Å². The number of ether oxygens (including phenoxy) is 2. The molecule has 24 heavy (non-hydrogen) atoms. The Labute approximate surface area is 142 Å². The summed E-state index contributed by atoms with van der Waals surface area (Å²) >= 11 is 0. The van der Waals surface area contributed by atoms with Gasteiger partial charge >= 0.3 is 23.8 Å². The fourth-order valence-electron chi connectivity index (χ4n) is 3.63. The molecule has 0 bridgehead atoms. The fraction of sp³-hybridized carbons (Fsp3) is 0.625. The largest absolute Gasteiger partial charge is 0.328 e. The molecule has 0 aliphatic carbocycles. The first-order valence-corrected chi connectivity index (χ1v) is 8.01. The summed E-state index contributed by atoms with van der Waals surface area (Å²) in [6.07, 6.45) is 3.16. The van der Waals surface area contributed by atoms with Crippen LogP contribution in [0.25, 0.3) is 0 Å². The van der Waals surface area contributed by atoms with Gasteiger partial charge in [0.05, 0.1) is 13.2 Å². The molecule has 4 amide bonds. The molecule has 0 saturated carbocycles. The van der Waals surface area contributed by atoms with Gasteiger partial charge in [-0.15, -0.1) is 13.2 Å². The number of likely N-dealkylation sites (N-methyl/N-ethyl adjacent to an activating group) is 4. The zero-order valence-corrected chi connectivity index (χ0v) is 14.8. The standard InChI is InChI=1S/C16H26N4O4/c1-7-11-23-15-16(24-12-8-2,19(9-3)13(21)17(15)5)20(10-4)14(22)18(15)6/h7-8H,1-2,9-12H2,3-6H3. The Morgan fingerprint density at radius 1 is 0.875 bits per heavy atom. The van der Waals surface area contributed by atoms with Gasteiger partial charge in [0.2, 0.25) is 0 Å². The van der Waals surface area contributed by atoms with Crippen molar-refractivity contribution in [3.05, 3.63) is 25.3 Å². The summed E-state index contributed by atoms with van der Waals surface area (Å²) < 4.78 is 12.1. The van der Waals surface area contributed by atoms with Gasteiger partial charge in [0.1, 0.15) is 0 Å². The third-order valence-corrected chi connectivity index (χ3v) is 4.54. The Balaban J connectivity index is 2.73. The minimum absolute atomic E-state index is 0.156. The summed E-state index contributed by atoms with van der Waals surface area (Å²) in [6, 6.07) is -0.549. The topological polar surface area (TPSA) is 65.6 Å². The lowest BCUT2D eigenvalue weighted by molar-refractivity contribution is -0.321. The molecule has 8 nitrogen and oxygen atoms in total. The molecule has 0 atom stereocenters. The van der Waals surface area contributed by atoms with Crippen LogP contribution in [0.2, 0.25) is 0 Å². The zero-order valence-electron chi connectivity index (χ0n) is 14.8. The number of urea groups is 2. The van der Waals surface area contributed by atoms with Gasteiger partial charge < -0.3 is 9.47 Å². The summed E-state index contributed by atoms with van der Waals surface area (Å²) in [5.41, 5.74) is 0. The summed E-state index contributed by atoms with van der Waals surface area (Å²) in [5.74, 6) is -2.81. The van der Waals surface area contributed by atoms with Gasteiger partial charge in [0, 0.05) is 27.2 Å². The van der Waals surface area contributed by atoms with E-state index < -0.39 is 11.7 Å². The Morgan fingerprint density at radius 2 is 1.25 bits per heavy atom. The summed E-state index contributed by atoms with van der Waals surface area (Å²) in [6.45, 7) is 12.1. The van der Waals surface area contributed by atoms with E-state index in [4.69, 9.17) is 9.47 Å². The van der Waals surface area contributed by atoms with Crippen LogP contribution in [0.5, 0.6) is 0 Å². The minimum atomic E-state index is -1.41. The smallest absolute Gasteiger partial charge is 0.327 e. The van der Waals surface area contributed by atoms with E-state index in [9.17, 15) is 9.59 Å². The highest BCUT2D eigenvalue weighted by atomic mass is 16.6. The predicted octanol–water partition coefficient (Wildman–Crippen LogP) is 1.47. The lowest BCUT2D eigenvalue weighted by atomic mass is 10.2. The van der Waals surface area contributed by atoms with E-state index in [0.29, 0.717) is 13.1 Å². The van der Waals surface area contributed by atoms with E-state index in [0.717, 1.165) is 0 Å². The maximum atomic E-state index is 12.9. The second kappa shape index (κ2) is 6.45. The van der Waals surface area contributed by atoms with Crippen molar-refractivity contribution in [2.75, 3.05) is 40.4 Å². The number of hydrogen-bond acceptors (Lipinski definition) is 4. The highest BCUT2D eigenvalue weighted by Crippen LogP contribution is 2.51. The van der Waals surface area contributed by atoms with Crippen molar-refractivity contribution < 1.29 is 19.1 Å². The number of fused-ring (bicyclic) bond motifs is 1. The molecule has 2 aliphatic heterocycles. The molecule has 2 rings (SSSR count). The van der Waals surface area contributed by atoms with E-state index in [1.165, 1.54) is 19.6 Å². The van der Waals surface area contributed by atoms with Crippen molar-refractivity contribution in [1.82, 2.24) is 19.6 Å². The molecule has 8 heteroatoms. The number of nitrogens with zero attached hydrogens (tertiary/aromatic N) is 4. The van der Waals surface area contributed by atoms with Crippen molar-refractivity contribution >= 4 is 12.1 Å². The Hall–Kier alpha value is -2.06. The molecule has 2 saturated heterocycles. The SMILES string of the molecule is C=CCOC12N(C)C(=O)N(CC)C1(OCC=C)N(CC)C(=O)N2C. The van der Waals surface area contributed by atoms with Gasteiger partial charge in [-0.3, -0.25) is 19.6 Å². The van der Waals surface area contributed by atoms with Gasteiger partial charge in [-0.1, -0.05) is 12.2 Å². The van der Waals surface area contributed by atoms with E-state index in [-0.39, 0.29) is 25.3 Å². The van der Waals surface area contributed by atoms with E-state index in [2.05, 4.69) is 13.2 Å². The van der Waals surface area contributed by atoms with Crippen molar-refractivity contribution in [3.63, 3.8) is 0 Å². The number of amides is 4. The molecular formula is C16H26N4O4. The Morgan fingerprint density at radius 3 is 1.58 bits per heavy atom. The number of hydrogen-bond donors (Lipinski definition) is 0. The van der Waals surface area contributed by atoms with Crippen LogP contribution in [0.4, 0.5) is 9.59 Å². The molecule has 0 aromatic carbocycles. The van der Waals surface area contributed by atoms with Crippen LogP contribution in [0.3, 0.4) is 0 Å². The van der Waals surface area contributed by atoms with Gasteiger partial charge in [-0.05, 0) is 13.8 Å². The monoisotopic (exact) mass is 338 g/mol. The lowest BCUT2D eigenvalue weighted by Gasteiger charge is -2.46. The van der Waals surface area contributed by atoms with Crippen LogP contribution in [0, 0.1) is 0 Å². The molecule has 2 fully saturated rings. The molecule has 134 valence electrons. The first-order valence-electron chi connectivity index (χ1n) is 8.01. The summed E-state index contributed by atoms with van der Waals surface area (Å²) in [4.78, 5) is 31.6. The Bertz CT molecular complexity index is 520. The number of carbonyl (C=O) groups excluding carboxylic acids is 2. The zero-order chi connectivity index (χ0) is 18.1. The van der Waals surface area contributed by atoms with Gasteiger partial charge in [-0.25, -0.2) is 9.59 Å². The van der Waals surface area contributed by atoms with E-state index >= 15 is 0 Å². The fourth-order valence-corrected chi connectivity index (χ4v) is 3.63. The highest BCUT2D eigenvalue weighted by molar-refractivity contribution is 5.87. The number of carbonyl (C=O) groups is 2. The van der Waals surface area contributed by atoms with Crippen molar-refractivity contribution in [2.24, 2.45) is 0 Å². The van der Waals surface area contributed by atoms with Crippen molar-refractivity contribution in [1.29, 1.82) is 0 Å². The molecule has 2 heterocycles. The van der Waals surface area contributed by atoms with Gasteiger partial charge in [0.15, 0.2) is 0 Å². The van der Waals surface area contributed by atoms with Crippen LogP contribution in [-0.2, 0) is 9.47 Å². The van der Waals surface area contributed by atoms with Crippen molar-refractivity contribution in [2.45, 2.75) is 25.5 Å². The quantitative estimate of drug-likeness (QED) is 0.629. The highest BCUT2D eigenvalue weighted by Gasteiger charge is 2.80. The second-order valence-electron chi connectivity index (χ2n) is 5.59. The molecule has 0 aromatic heterocycles. The molecular weight excluding hydrogens is 312 g/mol. The first kappa shape index (κ1) is 18.3. The van der Waals surface area contributed by atoms with Gasteiger partial charge in [-0.2, -0.15) is 0 Å².